The monoisotopic (exact) mass is 137 g/mol. The maximum Gasteiger partial charge on any atom is 0.119 e. The van der Waals surface area contributed by atoms with E-state index in [0.717, 1.165) is 5.75 Å². The van der Waals surface area contributed by atoms with E-state index in [1.807, 2.05) is 0 Å². The summed E-state index contributed by atoms with van der Waals surface area (Å²) in [5.41, 5.74) is 0. The van der Waals surface area contributed by atoms with E-state index < -0.39 is 0 Å². The number of ether oxygens (including phenoxy) is 1. The lowest BCUT2D eigenvalue weighted by molar-refractivity contribution is 0.360. The van der Waals surface area contributed by atoms with Crippen molar-refractivity contribution in [2.75, 3.05) is 6.61 Å². The van der Waals surface area contributed by atoms with Crippen molar-refractivity contribution in [3.63, 3.8) is 0 Å². The van der Waals surface area contributed by atoms with Crippen molar-refractivity contribution in [1.82, 2.24) is 0 Å². The van der Waals surface area contributed by atoms with Crippen LogP contribution in [-0.4, -0.2) is 11.7 Å². The van der Waals surface area contributed by atoms with E-state index in [-0.39, 0.29) is 5.75 Å². The van der Waals surface area contributed by atoms with Crippen LogP contribution in [0.3, 0.4) is 0 Å². The Labute approximate surface area is 60.1 Å². The SMILES string of the molecule is [CH2]COc1ccc(O)cc1. The zero-order chi connectivity index (χ0) is 7.40. The minimum absolute atomic E-state index is 0.247. The van der Waals surface area contributed by atoms with Gasteiger partial charge in [0.15, 0.2) is 0 Å². The lowest BCUT2D eigenvalue weighted by Gasteiger charge is -2.00. The number of phenolic OH excluding ortho intramolecular Hbond substituents is 1. The molecule has 1 radical (unpaired) electrons. The van der Waals surface area contributed by atoms with Crippen molar-refractivity contribution in [3.05, 3.63) is 31.2 Å². The molecule has 2 heteroatoms. The summed E-state index contributed by atoms with van der Waals surface area (Å²) in [7, 11) is 0. The molecule has 0 unspecified atom stereocenters. The van der Waals surface area contributed by atoms with Gasteiger partial charge in [0.25, 0.3) is 0 Å². The van der Waals surface area contributed by atoms with Gasteiger partial charge in [0.1, 0.15) is 11.5 Å². The second-order valence-electron chi connectivity index (χ2n) is 1.84. The standard InChI is InChI=1S/C8H9O2/c1-2-10-8-5-3-7(9)4-6-8/h3-6,9H,1-2H2. The summed E-state index contributed by atoms with van der Waals surface area (Å²) >= 11 is 0. The molecule has 0 saturated carbocycles. The second kappa shape index (κ2) is 3.11. The maximum absolute atomic E-state index is 8.85. The van der Waals surface area contributed by atoms with E-state index in [1.54, 1.807) is 24.3 Å². The van der Waals surface area contributed by atoms with Gasteiger partial charge in [-0.2, -0.15) is 0 Å². The van der Waals surface area contributed by atoms with Crippen molar-refractivity contribution in [2.45, 2.75) is 0 Å². The molecule has 1 aromatic rings. The van der Waals surface area contributed by atoms with E-state index in [1.165, 1.54) is 0 Å². The molecule has 10 heavy (non-hydrogen) atoms. The van der Waals surface area contributed by atoms with E-state index >= 15 is 0 Å². The number of hydrogen-bond donors (Lipinski definition) is 1. The van der Waals surface area contributed by atoms with Gasteiger partial charge in [-0.3, -0.25) is 0 Å². The van der Waals surface area contributed by atoms with Crippen molar-refractivity contribution in [1.29, 1.82) is 0 Å². The highest BCUT2D eigenvalue weighted by Crippen LogP contribution is 2.15. The van der Waals surface area contributed by atoms with Gasteiger partial charge in [0.2, 0.25) is 0 Å². The molecule has 1 rings (SSSR count). The average Bonchev–Trinajstić information content (AvgIpc) is 1.95. The van der Waals surface area contributed by atoms with Gasteiger partial charge >= 0.3 is 0 Å². The first-order valence-corrected chi connectivity index (χ1v) is 3.04. The minimum Gasteiger partial charge on any atom is -0.508 e. The fraction of sp³-hybridized carbons (Fsp3) is 0.125. The molecule has 0 aromatic heterocycles. The Hall–Kier alpha value is -1.18. The van der Waals surface area contributed by atoms with Gasteiger partial charge < -0.3 is 9.84 Å². The molecule has 0 aliphatic carbocycles. The molecule has 1 aromatic carbocycles. The lowest BCUT2D eigenvalue weighted by atomic mass is 10.3. The number of rotatable bonds is 2. The maximum atomic E-state index is 8.85. The second-order valence-corrected chi connectivity index (χ2v) is 1.84. The van der Waals surface area contributed by atoms with Crippen molar-refractivity contribution in [2.24, 2.45) is 0 Å². The Balaban J connectivity index is 2.69. The highest BCUT2D eigenvalue weighted by atomic mass is 16.5. The van der Waals surface area contributed by atoms with E-state index in [2.05, 4.69) is 6.92 Å². The predicted molar refractivity (Wildman–Crippen MR) is 39.0 cm³/mol. The molecular weight excluding hydrogens is 128 g/mol. The molecule has 0 heterocycles. The normalized spacial score (nSPS) is 9.30. The van der Waals surface area contributed by atoms with E-state index in [0.29, 0.717) is 6.61 Å². The quantitative estimate of drug-likeness (QED) is 0.671. The van der Waals surface area contributed by atoms with Gasteiger partial charge in [-0.05, 0) is 31.2 Å². The Morgan fingerprint density at radius 3 is 2.40 bits per heavy atom. The first kappa shape index (κ1) is 6.93. The first-order chi connectivity index (χ1) is 4.83. The first-order valence-electron chi connectivity index (χ1n) is 3.04. The number of phenols is 1. The van der Waals surface area contributed by atoms with Gasteiger partial charge in [-0.15, -0.1) is 0 Å². The molecule has 0 bridgehead atoms. The molecular formula is C8H9O2. The summed E-state index contributed by atoms with van der Waals surface area (Å²) < 4.78 is 5.04. The summed E-state index contributed by atoms with van der Waals surface area (Å²) in [6, 6.07) is 6.54. The highest BCUT2D eigenvalue weighted by molar-refractivity contribution is 5.29. The van der Waals surface area contributed by atoms with Crippen LogP contribution in [0.15, 0.2) is 24.3 Å². The lowest BCUT2D eigenvalue weighted by Crippen LogP contribution is -1.89. The molecule has 0 atom stereocenters. The Morgan fingerprint density at radius 1 is 1.30 bits per heavy atom. The van der Waals surface area contributed by atoms with Crippen LogP contribution in [0, 0.1) is 6.92 Å². The summed E-state index contributed by atoms with van der Waals surface area (Å²) in [6.07, 6.45) is 0. The van der Waals surface area contributed by atoms with Crippen LogP contribution in [-0.2, 0) is 0 Å². The van der Waals surface area contributed by atoms with Gasteiger partial charge in [0.05, 0.1) is 6.61 Å². The summed E-state index contributed by atoms with van der Waals surface area (Å²) in [5, 5.41) is 8.85. The van der Waals surface area contributed by atoms with Crippen LogP contribution in [0.4, 0.5) is 0 Å². The van der Waals surface area contributed by atoms with Crippen LogP contribution in [0.1, 0.15) is 0 Å². The zero-order valence-electron chi connectivity index (χ0n) is 5.58. The third-order valence-electron chi connectivity index (χ3n) is 1.11. The number of aromatic hydroxyl groups is 1. The Bertz CT molecular complexity index is 191. The fourth-order valence-electron chi connectivity index (χ4n) is 0.660. The van der Waals surface area contributed by atoms with Crippen LogP contribution in [0.2, 0.25) is 0 Å². The highest BCUT2D eigenvalue weighted by Gasteiger charge is 1.89. The minimum atomic E-state index is 0.247. The third kappa shape index (κ3) is 1.65. The summed E-state index contributed by atoms with van der Waals surface area (Å²) in [4.78, 5) is 0. The molecule has 0 fully saturated rings. The van der Waals surface area contributed by atoms with E-state index in [4.69, 9.17) is 9.84 Å². The van der Waals surface area contributed by atoms with Crippen molar-refractivity contribution in [3.8, 4) is 11.5 Å². The molecule has 0 aliphatic heterocycles. The van der Waals surface area contributed by atoms with Crippen LogP contribution < -0.4 is 4.74 Å². The van der Waals surface area contributed by atoms with Gasteiger partial charge in [-0.25, -0.2) is 0 Å². The van der Waals surface area contributed by atoms with Crippen molar-refractivity contribution < 1.29 is 9.84 Å². The van der Waals surface area contributed by atoms with Gasteiger partial charge in [-0.1, -0.05) is 0 Å². The van der Waals surface area contributed by atoms with Crippen molar-refractivity contribution >= 4 is 0 Å². The molecule has 0 aliphatic rings. The molecule has 1 N–H and O–H groups in total. The van der Waals surface area contributed by atoms with Gasteiger partial charge in [0, 0.05) is 0 Å². The molecule has 0 saturated heterocycles. The average molecular weight is 137 g/mol. The van der Waals surface area contributed by atoms with Crippen LogP contribution in [0.25, 0.3) is 0 Å². The molecule has 53 valence electrons. The van der Waals surface area contributed by atoms with Crippen LogP contribution >= 0.6 is 0 Å². The molecule has 2 nitrogen and oxygen atoms in total. The Kier molecular flexibility index (Phi) is 2.15. The number of benzene rings is 1. The number of hydrogen-bond acceptors (Lipinski definition) is 2. The summed E-state index contributed by atoms with van der Waals surface area (Å²) in [5.74, 6) is 0.976. The largest absolute Gasteiger partial charge is 0.508 e. The van der Waals surface area contributed by atoms with Crippen LogP contribution in [0.5, 0.6) is 11.5 Å². The predicted octanol–water partition coefficient (Wildman–Crippen LogP) is 1.61. The molecule has 0 spiro atoms. The fourth-order valence-corrected chi connectivity index (χ4v) is 0.660. The van der Waals surface area contributed by atoms with E-state index in [9.17, 15) is 0 Å². The third-order valence-corrected chi connectivity index (χ3v) is 1.11. The summed E-state index contributed by atoms with van der Waals surface area (Å²) in [6.45, 7) is 3.93. The zero-order valence-corrected chi connectivity index (χ0v) is 5.58. The smallest absolute Gasteiger partial charge is 0.119 e. The Morgan fingerprint density at radius 2 is 1.90 bits per heavy atom. The molecule has 0 amide bonds. The topological polar surface area (TPSA) is 29.5 Å².